The van der Waals surface area contributed by atoms with Crippen molar-refractivity contribution in [3.05, 3.63) is 52.4 Å². The summed E-state index contributed by atoms with van der Waals surface area (Å²) in [6, 6.07) is 4.28. The number of aryl methyl sites for hydroxylation is 1. The Morgan fingerprint density at radius 3 is 2.74 bits per heavy atom. The Kier molecular flexibility index (Phi) is 5.70. The van der Waals surface area contributed by atoms with Crippen LogP contribution in [0.3, 0.4) is 0 Å². The number of ether oxygens (including phenoxy) is 1. The number of rotatable bonds is 6. The molecule has 1 fully saturated rings. The van der Waals surface area contributed by atoms with E-state index in [9.17, 15) is 14.0 Å². The molecule has 31 heavy (non-hydrogen) atoms. The molecular formula is C20H21FN6O3S. The number of carbonyl (C=O) groups is 2. The largest absolute Gasteiger partial charge is 0.381 e. The van der Waals surface area contributed by atoms with Gasteiger partial charge in [-0.2, -0.15) is 5.10 Å². The lowest BCUT2D eigenvalue weighted by Crippen LogP contribution is -2.34. The summed E-state index contributed by atoms with van der Waals surface area (Å²) in [5.74, 6) is -1.30. The van der Waals surface area contributed by atoms with Gasteiger partial charge in [0.25, 0.3) is 11.8 Å². The van der Waals surface area contributed by atoms with E-state index in [-0.39, 0.29) is 22.8 Å². The monoisotopic (exact) mass is 444 g/mol. The zero-order valence-corrected chi connectivity index (χ0v) is 17.7. The number of aromatic nitrogens is 3. The Morgan fingerprint density at radius 2 is 2.06 bits per heavy atom. The van der Waals surface area contributed by atoms with Gasteiger partial charge in [-0.1, -0.05) is 11.3 Å². The first kappa shape index (κ1) is 20.9. The lowest BCUT2D eigenvalue weighted by molar-refractivity contribution is 0.00317. The summed E-state index contributed by atoms with van der Waals surface area (Å²) in [4.78, 5) is 29.4. The smallest absolute Gasteiger partial charge is 0.267 e. The number of nitrogens with zero attached hydrogens (tertiary/aromatic N) is 3. The zero-order chi connectivity index (χ0) is 22.1. The predicted octanol–water partition coefficient (Wildman–Crippen LogP) is 3.22. The molecule has 0 spiro atoms. The fourth-order valence-electron chi connectivity index (χ4n) is 3.38. The SMILES string of the molecule is COC1CC(n2nccc2NC(=O)c2cc(NC(=O)c3cnc(N)s3)c(C)cc2F)C1. The van der Waals surface area contributed by atoms with Crippen molar-refractivity contribution >= 4 is 39.8 Å². The lowest BCUT2D eigenvalue weighted by atomic mass is 9.89. The fourth-order valence-corrected chi connectivity index (χ4v) is 3.96. The van der Waals surface area contributed by atoms with Crippen molar-refractivity contribution in [1.82, 2.24) is 14.8 Å². The predicted molar refractivity (Wildman–Crippen MR) is 115 cm³/mol. The van der Waals surface area contributed by atoms with Gasteiger partial charge in [0.05, 0.1) is 30.1 Å². The van der Waals surface area contributed by atoms with Crippen LogP contribution in [0.2, 0.25) is 0 Å². The Balaban J connectivity index is 1.52. The molecule has 2 amide bonds. The normalized spacial score (nSPS) is 17.8. The molecule has 1 saturated carbocycles. The number of amides is 2. The minimum atomic E-state index is -0.691. The Morgan fingerprint density at radius 1 is 1.29 bits per heavy atom. The van der Waals surface area contributed by atoms with Crippen LogP contribution in [0.15, 0.2) is 30.6 Å². The fraction of sp³-hybridized carbons (Fsp3) is 0.300. The van der Waals surface area contributed by atoms with Gasteiger partial charge < -0.3 is 21.1 Å². The van der Waals surface area contributed by atoms with Crippen LogP contribution in [0, 0.1) is 12.7 Å². The van der Waals surface area contributed by atoms with Crippen molar-refractivity contribution in [2.75, 3.05) is 23.5 Å². The Hall–Kier alpha value is -3.31. The highest BCUT2D eigenvalue weighted by Crippen LogP contribution is 2.35. The molecule has 9 nitrogen and oxygen atoms in total. The van der Waals surface area contributed by atoms with Crippen molar-refractivity contribution in [3.63, 3.8) is 0 Å². The molecule has 1 aliphatic rings. The van der Waals surface area contributed by atoms with Gasteiger partial charge in [0.1, 0.15) is 16.5 Å². The number of thiazole rings is 1. The van der Waals surface area contributed by atoms with Crippen molar-refractivity contribution in [1.29, 1.82) is 0 Å². The van der Waals surface area contributed by atoms with Crippen LogP contribution in [0.5, 0.6) is 0 Å². The molecule has 162 valence electrons. The second-order valence-corrected chi connectivity index (χ2v) is 8.32. The van der Waals surface area contributed by atoms with E-state index in [4.69, 9.17) is 10.5 Å². The van der Waals surface area contributed by atoms with Crippen LogP contribution in [0.25, 0.3) is 0 Å². The molecule has 1 aromatic carbocycles. The van der Waals surface area contributed by atoms with Crippen LogP contribution in [0.1, 0.15) is 44.5 Å². The van der Waals surface area contributed by atoms with Gasteiger partial charge in [0.2, 0.25) is 0 Å². The number of hydrogen-bond donors (Lipinski definition) is 3. The number of anilines is 3. The summed E-state index contributed by atoms with van der Waals surface area (Å²) in [5, 5.41) is 9.91. The van der Waals surface area contributed by atoms with Gasteiger partial charge in [0, 0.05) is 18.9 Å². The third-order valence-electron chi connectivity index (χ3n) is 5.22. The molecule has 3 aromatic rings. The molecule has 4 rings (SSSR count). The van der Waals surface area contributed by atoms with E-state index in [1.165, 1.54) is 18.3 Å². The third-order valence-corrected chi connectivity index (χ3v) is 6.04. The summed E-state index contributed by atoms with van der Waals surface area (Å²) in [6.07, 6.45) is 4.69. The molecule has 0 unspecified atom stereocenters. The summed E-state index contributed by atoms with van der Waals surface area (Å²) in [6.45, 7) is 1.64. The van der Waals surface area contributed by atoms with E-state index in [2.05, 4.69) is 20.7 Å². The number of nitrogens with one attached hydrogen (secondary N) is 2. The van der Waals surface area contributed by atoms with Crippen molar-refractivity contribution < 1.29 is 18.7 Å². The highest BCUT2D eigenvalue weighted by molar-refractivity contribution is 7.17. The molecule has 2 heterocycles. The van der Waals surface area contributed by atoms with E-state index in [0.29, 0.717) is 21.9 Å². The first-order chi connectivity index (χ1) is 14.9. The summed E-state index contributed by atoms with van der Waals surface area (Å²) < 4.78 is 21.6. The van der Waals surface area contributed by atoms with Crippen molar-refractivity contribution in [3.8, 4) is 0 Å². The van der Waals surface area contributed by atoms with E-state index in [1.54, 1.807) is 31.0 Å². The minimum Gasteiger partial charge on any atom is -0.381 e. The van der Waals surface area contributed by atoms with E-state index in [0.717, 1.165) is 24.2 Å². The number of carbonyl (C=O) groups excluding carboxylic acids is 2. The van der Waals surface area contributed by atoms with Crippen LogP contribution in [0.4, 0.5) is 21.0 Å². The van der Waals surface area contributed by atoms with Gasteiger partial charge in [-0.05, 0) is 37.5 Å². The average molecular weight is 444 g/mol. The Labute approximate surface area is 181 Å². The summed E-state index contributed by atoms with van der Waals surface area (Å²) in [5.41, 5.74) is 6.16. The quantitative estimate of drug-likeness (QED) is 0.536. The molecule has 0 saturated heterocycles. The molecule has 0 radical (unpaired) electrons. The van der Waals surface area contributed by atoms with E-state index < -0.39 is 17.6 Å². The topological polar surface area (TPSA) is 124 Å². The Bertz CT molecular complexity index is 1140. The van der Waals surface area contributed by atoms with Crippen molar-refractivity contribution in [2.45, 2.75) is 31.9 Å². The molecule has 0 atom stereocenters. The number of nitrogens with two attached hydrogens (primary N) is 1. The maximum atomic E-state index is 14.6. The zero-order valence-electron chi connectivity index (χ0n) is 16.9. The maximum absolute atomic E-state index is 14.6. The van der Waals surface area contributed by atoms with Gasteiger partial charge in [-0.25, -0.2) is 14.1 Å². The van der Waals surface area contributed by atoms with Crippen LogP contribution in [-0.2, 0) is 4.74 Å². The van der Waals surface area contributed by atoms with Gasteiger partial charge in [-0.3, -0.25) is 9.59 Å². The van der Waals surface area contributed by atoms with Gasteiger partial charge in [0.15, 0.2) is 5.13 Å². The molecule has 11 heteroatoms. The second-order valence-electron chi connectivity index (χ2n) is 7.26. The molecule has 4 N–H and O–H groups in total. The van der Waals surface area contributed by atoms with Gasteiger partial charge >= 0.3 is 0 Å². The summed E-state index contributed by atoms with van der Waals surface area (Å²) in [7, 11) is 1.66. The van der Waals surface area contributed by atoms with Crippen LogP contribution >= 0.6 is 11.3 Å². The van der Waals surface area contributed by atoms with Gasteiger partial charge in [-0.15, -0.1) is 0 Å². The third kappa shape index (κ3) is 4.28. The highest BCUT2D eigenvalue weighted by atomic mass is 32.1. The minimum absolute atomic E-state index is 0.111. The standard InChI is InChI=1S/C20H21FN6O3S/c1-10-5-14(21)13(8-15(10)25-19(29)16-9-23-20(22)31-16)18(28)26-17-3-4-24-27(17)11-6-12(7-11)30-2/h3-5,8-9,11-12H,6-7H2,1-2H3,(H2,22,23)(H,25,29)(H,26,28). The van der Waals surface area contributed by atoms with Crippen molar-refractivity contribution in [2.24, 2.45) is 0 Å². The highest BCUT2D eigenvalue weighted by Gasteiger charge is 2.32. The van der Waals surface area contributed by atoms with E-state index >= 15 is 0 Å². The number of methoxy groups -OCH3 is 1. The molecular weight excluding hydrogens is 423 g/mol. The van der Waals surface area contributed by atoms with Crippen LogP contribution in [-0.4, -0.2) is 39.8 Å². The lowest BCUT2D eigenvalue weighted by Gasteiger charge is -2.34. The molecule has 2 aromatic heterocycles. The first-order valence-electron chi connectivity index (χ1n) is 9.56. The molecule has 0 bridgehead atoms. The summed E-state index contributed by atoms with van der Waals surface area (Å²) >= 11 is 1.03. The molecule has 0 aliphatic heterocycles. The first-order valence-corrected chi connectivity index (χ1v) is 10.4. The number of nitrogen functional groups attached to an aromatic ring is 1. The maximum Gasteiger partial charge on any atom is 0.267 e. The average Bonchev–Trinajstić information content (AvgIpc) is 3.32. The van der Waals surface area contributed by atoms with E-state index in [1.807, 2.05) is 0 Å². The number of halogens is 1. The van der Waals surface area contributed by atoms with Crippen LogP contribution < -0.4 is 16.4 Å². The number of hydrogen-bond acceptors (Lipinski definition) is 7. The second kappa shape index (κ2) is 8.44. The number of benzene rings is 1. The molecule has 1 aliphatic carbocycles.